The van der Waals surface area contributed by atoms with E-state index < -0.39 is 6.04 Å². The molecule has 1 aliphatic rings. The SMILES string of the molecule is C[C@@H](C(=O)NC1CCCC1)N(Cc1ccc(F)cc1)C(=O)COc1ccccc1Cl. The van der Waals surface area contributed by atoms with E-state index in [0.717, 1.165) is 31.2 Å². The lowest BCUT2D eigenvalue weighted by Crippen LogP contribution is -2.50. The Labute approximate surface area is 181 Å². The van der Waals surface area contributed by atoms with Crippen molar-refractivity contribution in [3.63, 3.8) is 0 Å². The predicted octanol–water partition coefficient (Wildman–Crippen LogP) is 4.33. The van der Waals surface area contributed by atoms with Crippen LogP contribution in [0.15, 0.2) is 48.5 Å². The van der Waals surface area contributed by atoms with Crippen LogP contribution in [0.4, 0.5) is 4.39 Å². The molecule has 0 bridgehead atoms. The molecule has 2 amide bonds. The Bertz CT molecular complexity index is 869. The number of nitrogens with one attached hydrogen (secondary N) is 1. The van der Waals surface area contributed by atoms with E-state index in [4.69, 9.17) is 16.3 Å². The Morgan fingerprint density at radius 1 is 1.17 bits per heavy atom. The summed E-state index contributed by atoms with van der Waals surface area (Å²) in [6.07, 6.45) is 4.12. The number of rotatable bonds is 8. The maximum atomic E-state index is 13.3. The monoisotopic (exact) mass is 432 g/mol. The number of nitrogens with zero attached hydrogens (tertiary/aromatic N) is 1. The summed E-state index contributed by atoms with van der Waals surface area (Å²) >= 11 is 6.09. The zero-order valence-electron chi connectivity index (χ0n) is 16.9. The van der Waals surface area contributed by atoms with Crippen molar-refractivity contribution >= 4 is 23.4 Å². The lowest BCUT2D eigenvalue weighted by Gasteiger charge is -2.29. The summed E-state index contributed by atoms with van der Waals surface area (Å²) in [7, 11) is 0. The third-order valence-electron chi connectivity index (χ3n) is 5.32. The van der Waals surface area contributed by atoms with Crippen molar-refractivity contribution in [1.82, 2.24) is 10.2 Å². The van der Waals surface area contributed by atoms with Gasteiger partial charge in [-0.25, -0.2) is 4.39 Å². The van der Waals surface area contributed by atoms with Crippen molar-refractivity contribution < 1.29 is 18.7 Å². The van der Waals surface area contributed by atoms with Gasteiger partial charge in [0.15, 0.2) is 6.61 Å². The molecule has 160 valence electrons. The topological polar surface area (TPSA) is 58.6 Å². The van der Waals surface area contributed by atoms with E-state index in [9.17, 15) is 14.0 Å². The largest absolute Gasteiger partial charge is 0.482 e. The molecule has 0 radical (unpaired) electrons. The maximum absolute atomic E-state index is 13.3. The van der Waals surface area contributed by atoms with E-state index in [-0.39, 0.29) is 36.8 Å². The molecule has 7 heteroatoms. The van der Waals surface area contributed by atoms with Gasteiger partial charge in [0.2, 0.25) is 5.91 Å². The van der Waals surface area contributed by atoms with Gasteiger partial charge in [0.05, 0.1) is 5.02 Å². The molecule has 3 rings (SSSR count). The Kier molecular flexibility index (Phi) is 7.69. The second-order valence-electron chi connectivity index (χ2n) is 7.53. The van der Waals surface area contributed by atoms with Crippen molar-refractivity contribution in [1.29, 1.82) is 0 Å². The van der Waals surface area contributed by atoms with Crippen LogP contribution in [0.1, 0.15) is 38.2 Å². The van der Waals surface area contributed by atoms with E-state index in [0.29, 0.717) is 10.8 Å². The van der Waals surface area contributed by atoms with Crippen molar-refractivity contribution in [3.05, 3.63) is 64.9 Å². The van der Waals surface area contributed by atoms with Gasteiger partial charge >= 0.3 is 0 Å². The number of hydrogen-bond donors (Lipinski definition) is 1. The highest BCUT2D eigenvalue weighted by atomic mass is 35.5. The summed E-state index contributed by atoms with van der Waals surface area (Å²) in [6, 6.07) is 12.2. The fourth-order valence-electron chi connectivity index (χ4n) is 3.55. The number of ether oxygens (including phenoxy) is 1. The second-order valence-corrected chi connectivity index (χ2v) is 7.94. The summed E-state index contributed by atoms with van der Waals surface area (Å²) < 4.78 is 18.9. The average molecular weight is 433 g/mol. The molecule has 2 aromatic carbocycles. The van der Waals surface area contributed by atoms with Crippen molar-refractivity contribution in [2.45, 2.75) is 51.2 Å². The molecule has 0 unspecified atom stereocenters. The number of carbonyl (C=O) groups excluding carboxylic acids is 2. The Balaban J connectivity index is 1.71. The van der Waals surface area contributed by atoms with Crippen molar-refractivity contribution in [3.8, 4) is 5.75 Å². The van der Waals surface area contributed by atoms with Crippen molar-refractivity contribution in [2.24, 2.45) is 0 Å². The summed E-state index contributed by atoms with van der Waals surface area (Å²) in [5.41, 5.74) is 0.725. The first-order chi connectivity index (χ1) is 14.4. The van der Waals surface area contributed by atoms with Crippen LogP contribution in [0, 0.1) is 5.82 Å². The normalized spacial score (nSPS) is 14.9. The van der Waals surface area contributed by atoms with Crippen LogP contribution in [0.25, 0.3) is 0 Å². The van der Waals surface area contributed by atoms with Crippen LogP contribution in [-0.2, 0) is 16.1 Å². The fraction of sp³-hybridized carbons (Fsp3) is 0.391. The van der Waals surface area contributed by atoms with Gasteiger partial charge in [-0.15, -0.1) is 0 Å². The minimum Gasteiger partial charge on any atom is -0.482 e. The molecule has 1 N–H and O–H groups in total. The number of hydrogen-bond acceptors (Lipinski definition) is 3. The highest BCUT2D eigenvalue weighted by Crippen LogP contribution is 2.23. The molecule has 5 nitrogen and oxygen atoms in total. The quantitative estimate of drug-likeness (QED) is 0.675. The van der Waals surface area contributed by atoms with E-state index >= 15 is 0 Å². The Morgan fingerprint density at radius 3 is 2.50 bits per heavy atom. The van der Waals surface area contributed by atoms with Gasteiger partial charge in [-0.2, -0.15) is 0 Å². The third kappa shape index (κ3) is 5.95. The lowest BCUT2D eigenvalue weighted by molar-refractivity contribution is -0.142. The molecule has 1 saturated carbocycles. The second kappa shape index (κ2) is 10.4. The average Bonchev–Trinajstić information content (AvgIpc) is 3.25. The highest BCUT2D eigenvalue weighted by molar-refractivity contribution is 6.32. The van der Waals surface area contributed by atoms with E-state index in [1.807, 2.05) is 0 Å². The first-order valence-corrected chi connectivity index (χ1v) is 10.5. The number of para-hydroxylation sites is 1. The number of amides is 2. The van der Waals surface area contributed by atoms with Gasteiger partial charge < -0.3 is 15.0 Å². The van der Waals surface area contributed by atoms with E-state index in [1.165, 1.54) is 17.0 Å². The summed E-state index contributed by atoms with van der Waals surface area (Å²) in [4.78, 5) is 27.2. The van der Waals surface area contributed by atoms with Crippen LogP contribution in [0.5, 0.6) is 5.75 Å². The molecule has 1 atom stereocenters. The molecule has 2 aromatic rings. The molecule has 0 aliphatic heterocycles. The van der Waals surface area contributed by atoms with E-state index in [2.05, 4.69) is 5.32 Å². The van der Waals surface area contributed by atoms with Gasteiger partial charge in [0, 0.05) is 12.6 Å². The molecule has 0 heterocycles. The minimum atomic E-state index is -0.696. The number of halogens is 2. The van der Waals surface area contributed by atoms with Crippen LogP contribution >= 0.6 is 11.6 Å². The Hall–Kier alpha value is -2.60. The van der Waals surface area contributed by atoms with Gasteiger partial charge in [-0.1, -0.05) is 48.7 Å². The fourth-order valence-corrected chi connectivity index (χ4v) is 3.74. The minimum absolute atomic E-state index is 0.155. The molecule has 0 aromatic heterocycles. The first-order valence-electron chi connectivity index (χ1n) is 10.2. The molecule has 0 saturated heterocycles. The predicted molar refractivity (Wildman–Crippen MR) is 114 cm³/mol. The van der Waals surface area contributed by atoms with Gasteiger partial charge in [0.25, 0.3) is 5.91 Å². The first kappa shape index (κ1) is 22.1. The molecular weight excluding hydrogens is 407 g/mol. The molecule has 0 spiro atoms. The van der Waals surface area contributed by atoms with Gasteiger partial charge in [-0.05, 0) is 49.6 Å². The van der Waals surface area contributed by atoms with E-state index in [1.54, 1.807) is 43.3 Å². The van der Waals surface area contributed by atoms with Crippen LogP contribution in [0.2, 0.25) is 5.02 Å². The van der Waals surface area contributed by atoms with Crippen LogP contribution in [0.3, 0.4) is 0 Å². The molecule has 30 heavy (non-hydrogen) atoms. The molecular formula is C23H26ClFN2O3. The highest BCUT2D eigenvalue weighted by Gasteiger charge is 2.28. The Morgan fingerprint density at radius 2 is 1.83 bits per heavy atom. The summed E-state index contributed by atoms with van der Waals surface area (Å²) in [5.74, 6) is -0.508. The summed E-state index contributed by atoms with van der Waals surface area (Å²) in [5, 5.41) is 3.44. The zero-order chi connectivity index (χ0) is 21.5. The summed E-state index contributed by atoms with van der Waals surface area (Å²) in [6.45, 7) is 1.61. The van der Waals surface area contributed by atoms with Crippen LogP contribution < -0.4 is 10.1 Å². The number of benzene rings is 2. The zero-order valence-corrected chi connectivity index (χ0v) is 17.7. The molecule has 1 aliphatic carbocycles. The standard InChI is InChI=1S/C23H26ClFN2O3/c1-16(23(29)26-19-6-2-3-7-19)27(14-17-10-12-18(25)13-11-17)22(28)15-30-21-9-5-4-8-20(21)24/h4-5,8-13,16,19H,2-3,6-7,14-15H2,1H3,(H,26,29)/t16-/m0/s1. The van der Waals surface area contributed by atoms with Crippen LogP contribution in [-0.4, -0.2) is 35.4 Å². The lowest BCUT2D eigenvalue weighted by atomic mass is 10.1. The van der Waals surface area contributed by atoms with Crippen molar-refractivity contribution in [2.75, 3.05) is 6.61 Å². The number of carbonyl (C=O) groups is 2. The molecule has 1 fully saturated rings. The van der Waals surface area contributed by atoms with Gasteiger partial charge in [0.1, 0.15) is 17.6 Å². The van der Waals surface area contributed by atoms with Gasteiger partial charge in [-0.3, -0.25) is 9.59 Å². The smallest absolute Gasteiger partial charge is 0.261 e. The third-order valence-corrected chi connectivity index (χ3v) is 5.64. The maximum Gasteiger partial charge on any atom is 0.261 e.